The Labute approximate surface area is 186 Å². The predicted molar refractivity (Wildman–Crippen MR) is 123 cm³/mol. The van der Waals surface area contributed by atoms with Crippen LogP contribution in [0.4, 0.5) is 8.78 Å². The maximum absolute atomic E-state index is 13.8. The summed E-state index contributed by atoms with van der Waals surface area (Å²) in [6, 6.07) is 21.9. The molecule has 0 radical (unpaired) electrons. The van der Waals surface area contributed by atoms with Gasteiger partial charge in [-0.15, -0.1) is 0 Å². The van der Waals surface area contributed by atoms with Crippen molar-refractivity contribution in [3.05, 3.63) is 107 Å². The van der Waals surface area contributed by atoms with Crippen molar-refractivity contribution >= 4 is 5.91 Å². The molecule has 0 aliphatic heterocycles. The smallest absolute Gasteiger partial charge is 0.251 e. The summed E-state index contributed by atoms with van der Waals surface area (Å²) in [4.78, 5) is 12.4. The average Bonchev–Trinajstić information content (AvgIpc) is 3.08. The van der Waals surface area contributed by atoms with E-state index in [9.17, 15) is 13.6 Å². The lowest BCUT2D eigenvalue weighted by Gasteiger charge is -2.13. The summed E-state index contributed by atoms with van der Waals surface area (Å²) in [5.41, 5.74) is 12.4. The van der Waals surface area contributed by atoms with Gasteiger partial charge in [0.05, 0.1) is 5.56 Å². The van der Waals surface area contributed by atoms with Crippen molar-refractivity contribution in [3.63, 3.8) is 0 Å². The van der Waals surface area contributed by atoms with E-state index < -0.39 is 17.5 Å². The molecule has 3 nitrogen and oxygen atoms in total. The van der Waals surface area contributed by atoms with Crippen LogP contribution >= 0.6 is 0 Å². The van der Waals surface area contributed by atoms with Gasteiger partial charge in [0.1, 0.15) is 0 Å². The Morgan fingerprint density at radius 3 is 2.09 bits per heavy atom. The highest BCUT2D eigenvalue weighted by atomic mass is 19.2. The number of hydrogen-bond donors (Lipinski definition) is 1. The fraction of sp³-hybridized carbons (Fsp3) is 0.148. The average molecular weight is 430 g/mol. The number of carbonyl (C=O) groups excluding carboxylic acids is 1. The molecule has 3 aromatic carbocycles. The fourth-order valence-corrected chi connectivity index (χ4v) is 4.27. The number of amides is 1. The first-order chi connectivity index (χ1) is 15.4. The second-order valence-electron chi connectivity index (χ2n) is 7.78. The van der Waals surface area contributed by atoms with E-state index in [0.29, 0.717) is 29.8 Å². The second-order valence-corrected chi connectivity index (χ2v) is 7.78. The minimum absolute atomic E-state index is 0.314. The number of primary amides is 1. The van der Waals surface area contributed by atoms with Gasteiger partial charge in [0.2, 0.25) is 0 Å². The molecule has 4 aromatic rings. The van der Waals surface area contributed by atoms with Gasteiger partial charge in [-0.3, -0.25) is 4.79 Å². The monoisotopic (exact) mass is 430 g/mol. The summed E-state index contributed by atoms with van der Waals surface area (Å²) >= 11 is 0. The quantitative estimate of drug-likeness (QED) is 0.394. The molecular formula is C27H24F2N2O. The normalized spacial score (nSPS) is 11.0. The number of aromatic nitrogens is 1. The van der Waals surface area contributed by atoms with Crippen molar-refractivity contribution in [2.24, 2.45) is 5.73 Å². The Morgan fingerprint density at radius 1 is 0.875 bits per heavy atom. The molecule has 0 saturated carbocycles. The first kappa shape index (κ1) is 21.5. The first-order valence-electron chi connectivity index (χ1n) is 10.5. The lowest BCUT2D eigenvalue weighted by atomic mass is 9.96. The second kappa shape index (κ2) is 8.79. The van der Waals surface area contributed by atoms with Crippen LogP contribution in [0.2, 0.25) is 0 Å². The summed E-state index contributed by atoms with van der Waals surface area (Å²) in [6.45, 7) is 4.15. The summed E-state index contributed by atoms with van der Waals surface area (Å²) in [5, 5.41) is 0. The van der Waals surface area contributed by atoms with Gasteiger partial charge >= 0.3 is 0 Å². The van der Waals surface area contributed by atoms with Crippen molar-refractivity contribution in [3.8, 4) is 22.3 Å². The highest BCUT2D eigenvalue weighted by molar-refractivity contribution is 6.02. The van der Waals surface area contributed by atoms with Crippen molar-refractivity contribution in [1.29, 1.82) is 0 Å². The lowest BCUT2D eigenvalue weighted by Crippen LogP contribution is -2.13. The van der Waals surface area contributed by atoms with E-state index in [2.05, 4.69) is 0 Å². The summed E-state index contributed by atoms with van der Waals surface area (Å²) in [6.07, 6.45) is 0.646. The molecule has 1 heterocycles. The minimum atomic E-state index is -0.891. The number of nitrogens with zero attached hydrogens (tertiary/aromatic N) is 1. The van der Waals surface area contributed by atoms with Crippen LogP contribution in [0.5, 0.6) is 0 Å². The van der Waals surface area contributed by atoms with Crippen LogP contribution in [-0.2, 0) is 13.0 Å². The van der Waals surface area contributed by atoms with Gasteiger partial charge in [-0.2, -0.15) is 0 Å². The molecule has 1 aromatic heterocycles. The van der Waals surface area contributed by atoms with Crippen LogP contribution in [-0.4, -0.2) is 10.5 Å². The van der Waals surface area contributed by atoms with E-state index in [1.807, 2.05) is 73.0 Å². The van der Waals surface area contributed by atoms with Crippen molar-refractivity contribution in [2.45, 2.75) is 26.8 Å². The molecule has 1 amide bonds. The Hall–Kier alpha value is -3.73. The molecule has 0 bridgehead atoms. The minimum Gasteiger partial charge on any atom is -0.366 e. The molecule has 0 unspecified atom stereocenters. The number of halogens is 2. The molecule has 0 aliphatic carbocycles. The Morgan fingerprint density at radius 2 is 1.50 bits per heavy atom. The van der Waals surface area contributed by atoms with Crippen LogP contribution in [0.15, 0.2) is 72.8 Å². The first-order valence-corrected chi connectivity index (χ1v) is 10.5. The van der Waals surface area contributed by atoms with E-state index in [0.717, 1.165) is 34.0 Å². The van der Waals surface area contributed by atoms with E-state index in [1.165, 1.54) is 6.07 Å². The third-order valence-electron chi connectivity index (χ3n) is 5.82. The van der Waals surface area contributed by atoms with Gasteiger partial charge in [-0.25, -0.2) is 8.78 Å². The molecule has 0 fully saturated rings. The molecule has 2 N–H and O–H groups in total. The van der Waals surface area contributed by atoms with Crippen LogP contribution in [0.25, 0.3) is 22.3 Å². The van der Waals surface area contributed by atoms with Crippen molar-refractivity contribution in [2.75, 3.05) is 0 Å². The zero-order valence-electron chi connectivity index (χ0n) is 18.0. The Kier molecular flexibility index (Phi) is 5.91. The van der Waals surface area contributed by atoms with Gasteiger partial charge in [-0.1, -0.05) is 67.6 Å². The van der Waals surface area contributed by atoms with E-state index in [-0.39, 0.29) is 0 Å². The van der Waals surface area contributed by atoms with Gasteiger partial charge in [0.15, 0.2) is 11.6 Å². The molecule has 5 heteroatoms. The number of benzene rings is 3. The topological polar surface area (TPSA) is 48.0 Å². The fourth-order valence-electron chi connectivity index (χ4n) is 4.27. The Bertz CT molecular complexity index is 1280. The molecule has 4 rings (SSSR count). The van der Waals surface area contributed by atoms with Gasteiger partial charge in [0, 0.05) is 23.5 Å². The summed E-state index contributed by atoms with van der Waals surface area (Å²) < 4.78 is 29.1. The third kappa shape index (κ3) is 3.94. The molecular weight excluding hydrogens is 406 g/mol. The standard InChI is InChI=1S/C27H24F2N2O/c1-3-24-26(21-12-10-20(11-13-21)19-7-5-4-6-8-19)25(27(30)32)17(2)31(24)16-18-9-14-22(28)23(29)15-18/h4-15H,3,16H2,1-2H3,(H2,30,32). The molecule has 0 aliphatic rings. The molecule has 162 valence electrons. The van der Waals surface area contributed by atoms with Crippen molar-refractivity contribution in [1.82, 2.24) is 4.57 Å². The van der Waals surface area contributed by atoms with E-state index in [4.69, 9.17) is 5.73 Å². The summed E-state index contributed by atoms with van der Waals surface area (Å²) in [7, 11) is 0. The predicted octanol–water partition coefficient (Wildman–Crippen LogP) is 6.12. The molecule has 0 spiro atoms. The SMILES string of the molecule is CCc1c(-c2ccc(-c3ccccc3)cc2)c(C(N)=O)c(C)n1Cc1ccc(F)c(F)c1. The zero-order valence-corrected chi connectivity index (χ0v) is 18.0. The molecule has 0 atom stereocenters. The van der Waals surface area contributed by atoms with Gasteiger partial charge < -0.3 is 10.3 Å². The van der Waals surface area contributed by atoms with Crippen LogP contribution in [0, 0.1) is 18.6 Å². The Balaban J connectivity index is 1.82. The molecule has 32 heavy (non-hydrogen) atoms. The van der Waals surface area contributed by atoms with Gasteiger partial charge in [-0.05, 0) is 47.7 Å². The number of carbonyl (C=O) groups is 1. The van der Waals surface area contributed by atoms with E-state index >= 15 is 0 Å². The maximum atomic E-state index is 13.8. The number of rotatable bonds is 6. The van der Waals surface area contributed by atoms with Crippen LogP contribution < -0.4 is 5.73 Å². The third-order valence-corrected chi connectivity index (χ3v) is 5.82. The largest absolute Gasteiger partial charge is 0.366 e. The highest BCUT2D eigenvalue weighted by Gasteiger charge is 2.24. The summed E-state index contributed by atoms with van der Waals surface area (Å²) in [5.74, 6) is -2.29. The van der Waals surface area contributed by atoms with Crippen LogP contribution in [0.1, 0.15) is 34.2 Å². The van der Waals surface area contributed by atoms with Gasteiger partial charge in [0.25, 0.3) is 5.91 Å². The lowest BCUT2D eigenvalue weighted by molar-refractivity contribution is 0.1000. The van der Waals surface area contributed by atoms with Crippen LogP contribution in [0.3, 0.4) is 0 Å². The number of hydrogen-bond acceptors (Lipinski definition) is 1. The van der Waals surface area contributed by atoms with E-state index in [1.54, 1.807) is 6.07 Å². The highest BCUT2D eigenvalue weighted by Crippen LogP contribution is 2.35. The maximum Gasteiger partial charge on any atom is 0.251 e. The van der Waals surface area contributed by atoms with Crippen molar-refractivity contribution < 1.29 is 13.6 Å². The number of nitrogens with two attached hydrogens (primary N) is 1. The molecule has 0 saturated heterocycles. The zero-order chi connectivity index (χ0) is 22.8.